The van der Waals surface area contributed by atoms with E-state index < -0.39 is 6.09 Å². The third-order valence-corrected chi connectivity index (χ3v) is 2.70. The number of likely N-dealkylation sites (tertiary alicyclic amines) is 1. The molecule has 0 aromatic rings. The number of nitrogens with zero attached hydrogens (tertiary/aromatic N) is 1. The average molecular weight is 216 g/mol. The van der Waals surface area contributed by atoms with E-state index in [4.69, 9.17) is 9.84 Å². The van der Waals surface area contributed by atoms with Crippen LogP contribution in [-0.2, 0) is 4.74 Å². The van der Waals surface area contributed by atoms with Gasteiger partial charge in [0.1, 0.15) is 6.61 Å². The lowest BCUT2D eigenvalue weighted by Gasteiger charge is -2.28. The molecule has 0 spiro atoms. The first kappa shape index (κ1) is 12.3. The zero-order valence-electron chi connectivity index (χ0n) is 9.24. The predicted molar refractivity (Wildman–Crippen MR) is 56.7 cm³/mol. The van der Waals surface area contributed by atoms with Gasteiger partial charge in [-0.25, -0.2) is 4.79 Å². The highest BCUT2D eigenvalue weighted by Gasteiger charge is 2.17. The van der Waals surface area contributed by atoms with Crippen molar-refractivity contribution in [2.24, 2.45) is 5.92 Å². The molecule has 1 aliphatic heterocycles. The first-order chi connectivity index (χ1) is 7.22. The Hall–Kier alpha value is -0.810. The number of alkyl carbamates (subject to hydrolysis) is 1. The second-order valence-corrected chi connectivity index (χ2v) is 3.99. The molecule has 0 bridgehead atoms. The van der Waals surface area contributed by atoms with E-state index in [9.17, 15) is 4.79 Å². The lowest BCUT2D eigenvalue weighted by atomic mass is 9.97. The monoisotopic (exact) mass is 216 g/mol. The summed E-state index contributed by atoms with van der Waals surface area (Å²) in [6, 6.07) is 0. The molecule has 1 saturated heterocycles. The molecule has 1 amide bonds. The van der Waals surface area contributed by atoms with Crippen molar-refractivity contribution in [1.29, 1.82) is 0 Å². The fraction of sp³-hybridized carbons (Fsp3) is 0.900. The first-order valence-electron chi connectivity index (χ1n) is 5.42. The Kier molecular flexibility index (Phi) is 5.42. The van der Waals surface area contributed by atoms with Crippen molar-refractivity contribution < 1.29 is 14.6 Å². The molecule has 1 aliphatic rings. The summed E-state index contributed by atoms with van der Waals surface area (Å²) in [5, 5.41) is 11.2. The van der Waals surface area contributed by atoms with Crippen molar-refractivity contribution in [3.63, 3.8) is 0 Å². The molecular formula is C10H20N2O3. The van der Waals surface area contributed by atoms with E-state index in [1.165, 1.54) is 0 Å². The van der Waals surface area contributed by atoms with Crippen LogP contribution < -0.4 is 5.32 Å². The molecule has 88 valence electrons. The SMILES string of the molecule is CN1CCC(CNC(=O)OCCO)CC1. The molecule has 0 unspecified atom stereocenters. The molecule has 0 aliphatic carbocycles. The van der Waals surface area contributed by atoms with Gasteiger partial charge in [-0.15, -0.1) is 0 Å². The summed E-state index contributed by atoms with van der Waals surface area (Å²) >= 11 is 0. The van der Waals surface area contributed by atoms with Gasteiger partial charge in [0, 0.05) is 6.54 Å². The summed E-state index contributed by atoms with van der Waals surface area (Å²) in [6.45, 7) is 2.81. The number of hydrogen-bond acceptors (Lipinski definition) is 4. The summed E-state index contributed by atoms with van der Waals surface area (Å²) in [6.07, 6.45) is 1.82. The topological polar surface area (TPSA) is 61.8 Å². The van der Waals surface area contributed by atoms with Crippen LogP contribution in [0.25, 0.3) is 0 Å². The molecule has 0 aromatic heterocycles. The maximum Gasteiger partial charge on any atom is 0.407 e. The van der Waals surface area contributed by atoms with Crippen molar-refractivity contribution in [1.82, 2.24) is 10.2 Å². The summed E-state index contributed by atoms with van der Waals surface area (Å²) in [5.41, 5.74) is 0. The van der Waals surface area contributed by atoms with Crippen LogP contribution in [0.5, 0.6) is 0 Å². The van der Waals surface area contributed by atoms with Crippen molar-refractivity contribution >= 4 is 6.09 Å². The molecule has 0 radical (unpaired) electrons. The minimum atomic E-state index is -0.428. The van der Waals surface area contributed by atoms with Gasteiger partial charge in [0.05, 0.1) is 6.61 Å². The summed E-state index contributed by atoms with van der Waals surface area (Å²) in [4.78, 5) is 13.3. The minimum absolute atomic E-state index is 0.0687. The zero-order chi connectivity index (χ0) is 11.1. The van der Waals surface area contributed by atoms with Gasteiger partial charge < -0.3 is 20.1 Å². The normalized spacial score (nSPS) is 18.8. The van der Waals surface area contributed by atoms with Crippen molar-refractivity contribution in [3.05, 3.63) is 0 Å². The number of carbonyl (C=O) groups is 1. The number of aliphatic hydroxyl groups excluding tert-OH is 1. The molecule has 2 N–H and O–H groups in total. The van der Waals surface area contributed by atoms with Gasteiger partial charge in [-0.3, -0.25) is 0 Å². The molecule has 1 fully saturated rings. The third kappa shape index (κ3) is 4.99. The number of hydrogen-bond donors (Lipinski definition) is 2. The van der Waals surface area contributed by atoms with Crippen LogP contribution in [-0.4, -0.2) is 56.0 Å². The molecular weight excluding hydrogens is 196 g/mol. The van der Waals surface area contributed by atoms with Crippen LogP contribution in [0.4, 0.5) is 4.79 Å². The molecule has 1 rings (SSSR count). The Morgan fingerprint density at radius 1 is 1.53 bits per heavy atom. The minimum Gasteiger partial charge on any atom is -0.447 e. The van der Waals surface area contributed by atoms with Crippen molar-refractivity contribution in [2.75, 3.05) is 39.9 Å². The van der Waals surface area contributed by atoms with Crippen LogP contribution in [0, 0.1) is 5.92 Å². The van der Waals surface area contributed by atoms with Gasteiger partial charge in [0.2, 0.25) is 0 Å². The van der Waals surface area contributed by atoms with E-state index >= 15 is 0 Å². The molecule has 0 saturated carbocycles. The fourth-order valence-electron chi connectivity index (χ4n) is 1.68. The predicted octanol–water partition coefficient (Wildman–Crippen LogP) is 0.0467. The van der Waals surface area contributed by atoms with Gasteiger partial charge in [0.15, 0.2) is 0 Å². The fourth-order valence-corrected chi connectivity index (χ4v) is 1.68. The van der Waals surface area contributed by atoms with Crippen molar-refractivity contribution in [3.8, 4) is 0 Å². The number of piperidine rings is 1. The quantitative estimate of drug-likeness (QED) is 0.697. The van der Waals surface area contributed by atoms with E-state index in [1.54, 1.807) is 0 Å². The Labute approximate surface area is 90.4 Å². The van der Waals surface area contributed by atoms with Crippen LogP contribution >= 0.6 is 0 Å². The molecule has 5 nitrogen and oxygen atoms in total. The van der Waals surface area contributed by atoms with E-state index in [2.05, 4.69) is 17.3 Å². The van der Waals surface area contributed by atoms with Crippen LogP contribution in [0.15, 0.2) is 0 Å². The molecule has 0 aromatic carbocycles. The van der Waals surface area contributed by atoms with Crippen LogP contribution in [0.1, 0.15) is 12.8 Å². The average Bonchev–Trinajstić information content (AvgIpc) is 2.25. The molecule has 0 atom stereocenters. The highest BCUT2D eigenvalue weighted by Crippen LogP contribution is 2.14. The second kappa shape index (κ2) is 6.63. The third-order valence-electron chi connectivity index (χ3n) is 2.70. The lowest BCUT2D eigenvalue weighted by molar-refractivity contribution is 0.116. The number of nitrogens with one attached hydrogen (secondary N) is 1. The van der Waals surface area contributed by atoms with E-state index in [0.717, 1.165) is 25.9 Å². The largest absolute Gasteiger partial charge is 0.447 e. The summed E-state index contributed by atoms with van der Waals surface area (Å²) in [5.74, 6) is 0.558. The lowest BCUT2D eigenvalue weighted by Crippen LogP contribution is -2.37. The Bertz CT molecular complexity index is 191. The molecule has 15 heavy (non-hydrogen) atoms. The van der Waals surface area contributed by atoms with Crippen molar-refractivity contribution in [2.45, 2.75) is 12.8 Å². The Balaban J connectivity index is 2.06. The van der Waals surface area contributed by atoms with Gasteiger partial charge >= 0.3 is 6.09 Å². The molecule has 5 heteroatoms. The summed E-state index contributed by atoms with van der Waals surface area (Å²) in [7, 11) is 2.11. The first-order valence-corrected chi connectivity index (χ1v) is 5.42. The maximum atomic E-state index is 11.1. The summed E-state index contributed by atoms with van der Waals surface area (Å²) < 4.78 is 4.69. The Morgan fingerprint density at radius 3 is 2.80 bits per heavy atom. The smallest absolute Gasteiger partial charge is 0.407 e. The highest BCUT2D eigenvalue weighted by atomic mass is 16.6. The van der Waals surface area contributed by atoms with E-state index in [1.807, 2.05) is 0 Å². The number of aliphatic hydroxyl groups is 1. The van der Waals surface area contributed by atoms with Crippen LogP contribution in [0.3, 0.4) is 0 Å². The van der Waals surface area contributed by atoms with E-state index in [0.29, 0.717) is 12.5 Å². The zero-order valence-corrected chi connectivity index (χ0v) is 9.24. The maximum absolute atomic E-state index is 11.1. The van der Waals surface area contributed by atoms with Crippen LogP contribution in [0.2, 0.25) is 0 Å². The van der Waals surface area contributed by atoms with Gasteiger partial charge in [-0.2, -0.15) is 0 Å². The number of amides is 1. The number of carbonyl (C=O) groups excluding carboxylic acids is 1. The standard InChI is InChI=1S/C10H20N2O3/c1-12-4-2-9(3-5-12)8-11-10(14)15-7-6-13/h9,13H,2-8H2,1H3,(H,11,14). The highest BCUT2D eigenvalue weighted by molar-refractivity contribution is 5.67. The van der Waals surface area contributed by atoms with Gasteiger partial charge in [-0.1, -0.05) is 0 Å². The van der Waals surface area contributed by atoms with Gasteiger partial charge in [-0.05, 0) is 38.9 Å². The number of rotatable bonds is 4. The number of ether oxygens (including phenoxy) is 1. The second-order valence-electron chi connectivity index (χ2n) is 3.99. The Morgan fingerprint density at radius 2 is 2.20 bits per heavy atom. The van der Waals surface area contributed by atoms with E-state index in [-0.39, 0.29) is 13.2 Å². The molecule has 1 heterocycles. The van der Waals surface area contributed by atoms with Gasteiger partial charge in [0.25, 0.3) is 0 Å².